The topological polar surface area (TPSA) is 99.5 Å². The quantitative estimate of drug-likeness (QED) is 0.159. The van der Waals surface area contributed by atoms with Crippen LogP contribution >= 0.6 is 0 Å². The van der Waals surface area contributed by atoms with E-state index in [1.165, 1.54) is 33.4 Å². The Bertz CT molecular complexity index is 2310. The number of aliphatic imine (C=N–C) groups is 2. The molecule has 2 fully saturated rings. The lowest BCUT2D eigenvalue weighted by molar-refractivity contribution is 0.122. The van der Waals surface area contributed by atoms with Crippen molar-refractivity contribution in [1.29, 1.82) is 0 Å². The zero-order chi connectivity index (χ0) is 39.3. The lowest BCUT2D eigenvalue weighted by Crippen LogP contribution is -2.36. The van der Waals surface area contributed by atoms with Gasteiger partial charge in [-0.2, -0.15) is 0 Å². The fourth-order valence-corrected chi connectivity index (χ4v) is 7.86. The van der Waals surface area contributed by atoms with Gasteiger partial charge in [0.05, 0.1) is 50.9 Å². The number of morpholine rings is 2. The molecule has 0 spiro atoms. The molecule has 6 heterocycles. The SMILES string of the molecule is Cc1cccc(Nc2ccc3c(c2)C(c2ccnc(N4CCOCC4)c2)=NC3)c1.Cc1cccc(Nc2ccc3c(c2)C(c2ccnc(N4CCOCC4)c2)=NC3)c1. The highest BCUT2D eigenvalue weighted by atomic mass is 16.5. The maximum absolute atomic E-state index is 5.47. The molecule has 0 radical (unpaired) electrons. The standard InChI is InChI=1S/2C24H24N4O/c2*1-17-3-2-4-20(13-17)27-21-6-5-19-16-26-24(22(19)15-21)18-7-8-25-23(14-18)28-9-11-29-12-10-28/h2*2-8,13-15,27H,9-12,16H2,1H3. The number of anilines is 6. The molecule has 0 unspecified atom stereocenters. The van der Waals surface area contributed by atoms with Crippen LogP contribution in [-0.2, 0) is 22.6 Å². The lowest BCUT2D eigenvalue weighted by Gasteiger charge is -2.28. The Morgan fingerprint density at radius 3 is 1.34 bits per heavy atom. The number of ether oxygens (including phenoxy) is 2. The van der Waals surface area contributed by atoms with E-state index in [1.54, 1.807) is 0 Å². The molecule has 10 heteroatoms. The van der Waals surface area contributed by atoms with Crippen molar-refractivity contribution in [2.75, 3.05) is 73.0 Å². The first-order valence-electron chi connectivity index (χ1n) is 20.1. The Labute approximate surface area is 340 Å². The largest absolute Gasteiger partial charge is 0.378 e. The van der Waals surface area contributed by atoms with Gasteiger partial charge >= 0.3 is 0 Å². The van der Waals surface area contributed by atoms with Gasteiger partial charge in [-0.25, -0.2) is 9.97 Å². The predicted octanol–water partition coefficient (Wildman–Crippen LogP) is 8.64. The average Bonchev–Trinajstić information content (AvgIpc) is 3.89. The van der Waals surface area contributed by atoms with Crippen molar-refractivity contribution >= 4 is 45.8 Å². The van der Waals surface area contributed by atoms with Gasteiger partial charge < -0.3 is 29.9 Å². The van der Waals surface area contributed by atoms with Gasteiger partial charge in [-0.05, 0) is 109 Å². The van der Waals surface area contributed by atoms with E-state index in [-0.39, 0.29) is 0 Å². The minimum absolute atomic E-state index is 0.727. The number of aromatic nitrogens is 2. The van der Waals surface area contributed by atoms with Gasteiger partial charge in [0.2, 0.25) is 0 Å². The van der Waals surface area contributed by atoms with Crippen molar-refractivity contribution in [3.05, 3.63) is 166 Å². The lowest BCUT2D eigenvalue weighted by atomic mass is 10.00. The number of rotatable bonds is 8. The maximum atomic E-state index is 5.47. The molecule has 0 aliphatic carbocycles. The molecule has 0 saturated carbocycles. The third-order valence-electron chi connectivity index (χ3n) is 10.9. The van der Waals surface area contributed by atoms with Crippen LogP contribution in [0.3, 0.4) is 0 Å². The third kappa shape index (κ3) is 8.49. The van der Waals surface area contributed by atoms with Crippen LogP contribution in [0.15, 0.2) is 132 Å². The van der Waals surface area contributed by atoms with Crippen molar-refractivity contribution in [1.82, 2.24) is 9.97 Å². The third-order valence-corrected chi connectivity index (χ3v) is 10.9. The Morgan fingerprint density at radius 2 is 0.914 bits per heavy atom. The molecule has 2 N–H and O–H groups in total. The van der Waals surface area contributed by atoms with Crippen LogP contribution in [0, 0.1) is 13.8 Å². The summed E-state index contributed by atoms with van der Waals surface area (Å²) in [5.41, 5.74) is 16.1. The molecule has 0 atom stereocenters. The van der Waals surface area contributed by atoms with E-state index >= 15 is 0 Å². The Morgan fingerprint density at radius 1 is 0.483 bits per heavy atom. The van der Waals surface area contributed by atoms with Crippen molar-refractivity contribution in [3.8, 4) is 0 Å². The first-order valence-corrected chi connectivity index (χ1v) is 20.1. The molecular formula is C48H48N8O2. The Balaban J connectivity index is 0.000000150. The minimum Gasteiger partial charge on any atom is -0.378 e. The fraction of sp³-hybridized carbons (Fsp3) is 0.250. The molecule has 10 nitrogen and oxygen atoms in total. The Hall–Kier alpha value is -6.36. The summed E-state index contributed by atoms with van der Waals surface area (Å²) in [6.45, 7) is 12.2. The summed E-state index contributed by atoms with van der Waals surface area (Å²) < 4.78 is 10.9. The number of aryl methyl sites for hydroxylation is 2. The van der Waals surface area contributed by atoms with Crippen molar-refractivity contribution in [2.45, 2.75) is 26.9 Å². The van der Waals surface area contributed by atoms with Crippen LogP contribution in [0.5, 0.6) is 0 Å². The van der Waals surface area contributed by atoms with Gasteiger partial charge in [0, 0.05) is 83.6 Å². The number of hydrogen-bond donors (Lipinski definition) is 2. The molecule has 2 aromatic heterocycles. The summed E-state index contributed by atoms with van der Waals surface area (Å²) in [6.07, 6.45) is 3.77. The van der Waals surface area contributed by atoms with Gasteiger partial charge in [-0.3, -0.25) is 9.98 Å². The first-order chi connectivity index (χ1) is 28.5. The molecule has 4 aromatic carbocycles. The van der Waals surface area contributed by atoms with Gasteiger partial charge in [-0.15, -0.1) is 0 Å². The number of fused-ring (bicyclic) bond motifs is 2. The van der Waals surface area contributed by atoms with Crippen LogP contribution < -0.4 is 20.4 Å². The van der Waals surface area contributed by atoms with E-state index in [1.807, 2.05) is 12.4 Å². The second-order valence-corrected chi connectivity index (χ2v) is 15.1. The van der Waals surface area contributed by atoms with Crippen molar-refractivity contribution in [3.63, 3.8) is 0 Å². The summed E-state index contributed by atoms with van der Waals surface area (Å²) >= 11 is 0. The molecular weight excluding hydrogens is 721 g/mol. The Kier molecular flexibility index (Phi) is 10.9. The van der Waals surface area contributed by atoms with Crippen LogP contribution in [0.1, 0.15) is 44.5 Å². The summed E-state index contributed by atoms with van der Waals surface area (Å²) in [5, 5.41) is 7.04. The van der Waals surface area contributed by atoms with Crippen molar-refractivity contribution in [2.24, 2.45) is 9.98 Å². The first kappa shape index (κ1) is 37.2. The molecule has 6 aromatic rings. The molecule has 58 heavy (non-hydrogen) atoms. The maximum Gasteiger partial charge on any atom is 0.129 e. The van der Waals surface area contributed by atoms with Crippen LogP contribution in [-0.4, -0.2) is 74.0 Å². The summed E-state index contributed by atoms with van der Waals surface area (Å²) in [4.78, 5) is 23.4. The fourth-order valence-electron chi connectivity index (χ4n) is 7.86. The van der Waals surface area contributed by atoms with Crippen molar-refractivity contribution < 1.29 is 9.47 Å². The second kappa shape index (κ2) is 17.0. The highest BCUT2D eigenvalue weighted by molar-refractivity contribution is 6.16. The molecule has 4 aliphatic rings. The molecule has 292 valence electrons. The van der Waals surface area contributed by atoms with Gasteiger partial charge in [0.25, 0.3) is 0 Å². The molecule has 10 rings (SSSR count). The monoisotopic (exact) mass is 768 g/mol. The van der Waals surface area contributed by atoms with Crippen LogP contribution in [0.25, 0.3) is 0 Å². The van der Waals surface area contributed by atoms with E-state index in [0.29, 0.717) is 0 Å². The van der Waals surface area contributed by atoms with Gasteiger partial charge in [0.15, 0.2) is 0 Å². The number of nitrogens with zero attached hydrogens (tertiary/aromatic N) is 6. The predicted molar refractivity (Wildman–Crippen MR) is 235 cm³/mol. The highest BCUT2D eigenvalue weighted by Gasteiger charge is 2.22. The van der Waals surface area contributed by atoms with E-state index in [9.17, 15) is 0 Å². The number of nitrogens with one attached hydrogen (secondary N) is 2. The van der Waals surface area contributed by atoms with E-state index in [4.69, 9.17) is 19.5 Å². The van der Waals surface area contributed by atoms with Crippen LogP contribution in [0.2, 0.25) is 0 Å². The van der Waals surface area contributed by atoms with Gasteiger partial charge in [0.1, 0.15) is 11.6 Å². The number of benzene rings is 4. The van der Waals surface area contributed by atoms with E-state index < -0.39 is 0 Å². The number of hydrogen-bond acceptors (Lipinski definition) is 10. The molecule has 0 bridgehead atoms. The van der Waals surface area contributed by atoms with Gasteiger partial charge in [-0.1, -0.05) is 36.4 Å². The minimum atomic E-state index is 0.727. The number of pyridine rings is 2. The summed E-state index contributed by atoms with van der Waals surface area (Å²) in [6, 6.07) is 38.3. The highest BCUT2D eigenvalue weighted by Crippen LogP contribution is 2.31. The summed E-state index contributed by atoms with van der Waals surface area (Å²) in [7, 11) is 0. The summed E-state index contributed by atoms with van der Waals surface area (Å²) in [5.74, 6) is 1.99. The average molecular weight is 769 g/mol. The zero-order valence-electron chi connectivity index (χ0n) is 33.1. The smallest absolute Gasteiger partial charge is 0.129 e. The van der Waals surface area contributed by atoms with E-state index in [0.717, 1.165) is 123 Å². The van der Waals surface area contributed by atoms with E-state index in [2.05, 4.69) is 153 Å². The zero-order valence-corrected chi connectivity index (χ0v) is 33.1. The second-order valence-electron chi connectivity index (χ2n) is 15.1. The van der Waals surface area contributed by atoms with Crippen LogP contribution in [0.4, 0.5) is 34.4 Å². The molecule has 2 saturated heterocycles. The molecule has 0 amide bonds. The normalized spacial score (nSPS) is 15.8. The molecule has 4 aliphatic heterocycles.